The first-order valence-electron chi connectivity index (χ1n) is 5.91. The van der Waals surface area contributed by atoms with Crippen LogP contribution in [0.15, 0.2) is 28.8 Å². The Kier molecular flexibility index (Phi) is 4.52. The van der Waals surface area contributed by atoms with Crippen molar-refractivity contribution in [2.75, 3.05) is 6.54 Å². The van der Waals surface area contributed by atoms with Gasteiger partial charge in [-0.1, -0.05) is 17.3 Å². The largest absolute Gasteiger partial charge is 0.352 e. The van der Waals surface area contributed by atoms with Crippen LogP contribution in [0, 0.1) is 6.92 Å². The number of rotatable bonds is 5. The van der Waals surface area contributed by atoms with Gasteiger partial charge in [0.05, 0.1) is 0 Å². The molecule has 0 aliphatic rings. The van der Waals surface area contributed by atoms with Gasteiger partial charge in [0.25, 0.3) is 5.91 Å². The number of halogens is 1. The van der Waals surface area contributed by atoms with E-state index in [0.717, 1.165) is 5.56 Å². The zero-order valence-corrected chi connectivity index (χ0v) is 11.3. The first-order valence-corrected chi connectivity index (χ1v) is 6.45. The van der Waals surface area contributed by atoms with Crippen LogP contribution in [0.1, 0.15) is 27.6 Å². The molecule has 19 heavy (non-hydrogen) atoms. The molecule has 1 amide bonds. The van der Waals surface area contributed by atoms with E-state index in [1.54, 1.807) is 19.1 Å². The summed E-state index contributed by atoms with van der Waals surface area (Å²) >= 11 is 5.73. The summed E-state index contributed by atoms with van der Waals surface area (Å²) in [6, 6.07) is 7.22. The van der Waals surface area contributed by atoms with E-state index in [4.69, 9.17) is 16.1 Å². The average molecular weight is 280 g/mol. The molecule has 0 bridgehead atoms. The first-order chi connectivity index (χ1) is 9.19. The summed E-state index contributed by atoms with van der Waals surface area (Å²) in [7, 11) is 0. The normalized spacial score (nSPS) is 10.4. The molecule has 5 nitrogen and oxygen atoms in total. The lowest BCUT2D eigenvalue weighted by Crippen LogP contribution is -2.25. The summed E-state index contributed by atoms with van der Waals surface area (Å²) in [4.78, 5) is 15.9. The van der Waals surface area contributed by atoms with E-state index < -0.39 is 0 Å². The van der Waals surface area contributed by atoms with Crippen molar-refractivity contribution in [1.29, 1.82) is 0 Å². The van der Waals surface area contributed by atoms with Crippen LogP contribution >= 0.6 is 11.6 Å². The standard InChI is InChI=1S/C13H14ClN3O2/c1-9-16-12(19-17-9)5-6-15-13(18)11-4-2-3-10(7-11)8-14/h2-4,7H,5-6,8H2,1H3,(H,15,18). The predicted molar refractivity (Wildman–Crippen MR) is 71.1 cm³/mol. The lowest BCUT2D eigenvalue weighted by Gasteiger charge is -2.04. The van der Waals surface area contributed by atoms with Crippen LogP contribution in [0.2, 0.25) is 0 Å². The van der Waals surface area contributed by atoms with Gasteiger partial charge < -0.3 is 9.84 Å². The molecule has 100 valence electrons. The smallest absolute Gasteiger partial charge is 0.251 e. The fraction of sp³-hybridized carbons (Fsp3) is 0.308. The number of aromatic nitrogens is 2. The fourth-order valence-corrected chi connectivity index (χ4v) is 1.79. The highest BCUT2D eigenvalue weighted by Gasteiger charge is 2.07. The van der Waals surface area contributed by atoms with Gasteiger partial charge in [0.15, 0.2) is 5.82 Å². The number of benzene rings is 1. The van der Waals surface area contributed by atoms with E-state index >= 15 is 0 Å². The molecule has 0 spiro atoms. The summed E-state index contributed by atoms with van der Waals surface area (Å²) in [6.45, 7) is 2.20. The van der Waals surface area contributed by atoms with Crippen LogP contribution in [-0.4, -0.2) is 22.6 Å². The first kappa shape index (κ1) is 13.5. The molecule has 0 aliphatic heterocycles. The second-order valence-corrected chi connectivity index (χ2v) is 4.34. The molecule has 6 heteroatoms. The van der Waals surface area contributed by atoms with Crippen molar-refractivity contribution in [1.82, 2.24) is 15.5 Å². The van der Waals surface area contributed by atoms with E-state index in [9.17, 15) is 4.79 Å². The second kappa shape index (κ2) is 6.33. The Morgan fingerprint density at radius 2 is 2.32 bits per heavy atom. The van der Waals surface area contributed by atoms with Gasteiger partial charge in [-0.3, -0.25) is 4.79 Å². The molecule has 2 rings (SSSR count). The zero-order valence-electron chi connectivity index (χ0n) is 10.5. The monoisotopic (exact) mass is 279 g/mol. The number of nitrogens with zero attached hydrogens (tertiary/aromatic N) is 2. The number of amides is 1. The Morgan fingerprint density at radius 3 is 3.00 bits per heavy atom. The minimum absolute atomic E-state index is 0.136. The summed E-state index contributed by atoms with van der Waals surface area (Å²) in [6.07, 6.45) is 0.516. The molecule has 2 aromatic rings. The zero-order chi connectivity index (χ0) is 13.7. The van der Waals surface area contributed by atoms with Gasteiger partial charge in [-0.2, -0.15) is 4.98 Å². The van der Waals surface area contributed by atoms with Crippen LogP contribution in [-0.2, 0) is 12.3 Å². The van der Waals surface area contributed by atoms with Crippen LogP contribution in [0.25, 0.3) is 0 Å². The van der Waals surface area contributed by atoms with Gasteiger partial charge in [-0.05, 0) is 24.6 Å². The highest BCUT2D eigenvalue weighted by atomic mass is 35.5. The minimum atomic E-state index is -0.136. The number of aryl methyl sites for hydroxylation is 1. The quantitative estimate of drug-likeness (QED) is 0.851. The van der Waals surface area contributed by atoms with Gasteiger partial charge in [0, 0.05) is 24.4 Å². The maximum atomic E-state index is 11.9. The topological polar surface area (TPSA) is 68.0 Å². The number of carbonyl (C=O) groups is 1. The van der Waals surface area contributed by atoms with E-state index in [0.29, 0.717) is 36.1 Å². The molecule has 0 aliphatic carbocycles. The van der Waals surface area contributed by atoms with E-state index in [1.807, 2.05) is 12.1 Å². The minimum Gasteiger partial charge on any atom is -0.352 e. The molecular weight excluding hydrogens is 266 g/mol. The van der Waals surface area contributed by atoms with E-state index in [1.165, 1.54) is 0 Å². The Morgan fingerprint density at radius 1 is 1.47 bits per heavy atom. The predicted octanol–water partition coefficient (Wildman–Crippen LogP) is 2.09. The third-order valence-corrected chi connectivity index (χ3v) is 2.85. The number of hydrogen-bond acceptors (Lipinski definition) is 4. The molecule has 0 saturated heterocycles. The fourth-order valence-electron chi connectivity index (χ4n) is 1.62. The highest BCUT2D eigenvalue weighted by molar-refractivity contribution is 6.17. The Labute approximate surface area is 116 Å². The summed E-state index contributed by atoms with van der Waals surface area (Å²) in [5, 5.41) is 6.48. The van der Waals surface area contributed by atoms with Crippen LogP contribution in [0.4, 0.5) is 0 Å². The Balaban J connectivity index is 1.87. The third kappa shape index (κ3) is 3.79. The maximum Gasteiger partial charge on any atom is 0.251 e. The van der Waals surface area contributed by atoms with Gasteiger partial charge in [0.2, 0.25) is 5.89 Å². The SMILES string of the molecule is Cc1noc(CCNC(=O)c2cccc(CCl)c2)n1. The molecule has 1 aromatic heterocycles. The van der Waals surface area contributed by atoms with Gasteiger partial charge in [-0.25, -0.2) is 0 Å². The van der Waals surface area contributed by atoms with Crippen molar-refractivity contribution >= 4 is 17.5 Å². The molecule has 0 saturated carbocycles. The maximum absolute atomic E-state index is 11.9. The number of alkyl halides is 1. The van der Waals surface area contributed by atoms with Crippen molar-refractivity contribution in [2.24, 2.45) is 0 Å². The number of carbonyl (C=O) groups excluding carboxylic acids is 1. The van der Waals surface area contributed by atoms with Gasteiger partial charge >= 0.3 is 0 Å². The van der Waals surface area contributed by atoms with Crippen LogP contribution < -0.4 is 5.32 Å². The second-order valence-electron chi connectivity index (χ2n) is 4.08. The molecular formula is C13H14ClN3O2. The third-order valence-electron chi connectivity index (χ3n) is 2.54. The molecule has 0 atom stereocenters. The van der Waals surface area contributed by atoms with E-state index in [-0.39, 0.29) is 5.91 Å². The lowest BCUT2D eigenvalue weighted by molar-refractivity contribution is 0.0953. The van der Waals surface area contributed by atoms with Crippen LogP contribution in [0.3, 0.4) is 0 Å². The van der Waals surface area contributed by atoms with Crippen molar-refractivity contribution in [2.45, 2.75) is 19.2 Å². The molecule has 1 heterocycles. The van der Waals surface area contributed by atoms with Crippen molar-refractivity contribution in [3.63, 3.8) is 0 Å². The summed E-state index contributed by atoms with van der Waals surface area (Å²) in [5.41, 5.74) is 1.52. The summed E-state index contributed by atoms with van der Waals surface area (Å²) in [5.74, 6) is 1.37. The lowest BCUT2D eigenvalue weighted by atomic mass is 10.1. The van der Waals surface area contributed by atoms with Gasteiger partial charge in [0.1, 0.15) is 0 Å². The van der Waals surface area contributed by atoms with Gasteiger partial charge in [-0.15, -0.1) is 11.6 Å². The van der Waals surface area contributed by atoms with E-state index in [2.05, 4.69) is 15.5 Å². The molecule has 0 fully saturated rings. The molecule has 0 radical (unpaired) electrons. The van der Waals surface area contributed by atoms with Crippen molar-refractivity contribution < 1.29 is 9.32 Å². The molecule has 1 aromatic carbocycles. The average Bonchev–Trinajstić information content (AvgIpc) is 2.84. The molecule has 0 unspecified atom stereocenters. The highest BCUT2D eigenvalue weighted by Crippen LogP contribution is 2.07. The molecule has 1 N–H and O–H groups in total. The Bertz CT molecular complexity index is 569. The number of hydrogen-bond donors (Lipinski definition) is 1. The van der Waals surface area contributed by atoms with Crippen molar-refractivity contribution in [3.05, 3.63) is 47.1 Å². The van der Waals surface area contributed by atoms with Crippen LogP contribution in [0.5, 0.6) is 0 Å². The number of nitrogens with one attached hydrogen (secondary N) is 1. The summed E-state index contributed by atoms with van der Waals surface area (Å²) < 4.78 is 4.96. The van der Waals surface area contributed by atoms with Crippen molar-refractivity contribution in [3.8, 4) is 0 Å². The Hall–Kier alpha value is -1.88.